The van der Waals surface area contributed by atoms with Crippen LogP contribution < -0.4 is 15.8 Å². The summed E-state index contributed by atoms with van der Waals surface area (Å²) in [6.45, 7) is 2.93. The molecular formula is C22H24ClN3O4. The highest BCUT2D eigenvalue weighted by atomic mass is 35.5. The molecular weight excluding hydrogens is 406 g/mol. The van der Waals surface area contributed by atoms with Crippen LogP contribution in [0.15, 0.2) is 30.3 Å². The van der Waals surface area contributed by atoms with Gasteiger partial charge in [-0.2, -0.15) is 0 Å². The van der Waals surface area contributed by atoms with Crippen molar-refractivity contribution in [2.24, 2.45) is 11.7 Å². The van der Waals surface area contributed by atoms with E-state index in [0.717, 1.165) is 18.4 Å². The average Bonchev–Trinajstić information content (AvgIpc) is 2.75. The number of fused-ring (bicyclic) bond motifs is 1. The number of halogens is 1. The number of amides is 2. The van der Waals surface area contributed by atoms with Crippen molar-refractivity contribution >= 4 is 29.1 Å². The summed E-state index contributed by atoms with van der Waals surface area (Å²) < 4.78 is 5.41. The number of phenols is 1. The van der Waals surface area contributed by atoms with Crippen LogP contribution in [0.25, 0.3) is 0 Å². The molecule has 2 aliphatic rings. The number of likely N-dealkylation sites (tertiary alicyclic amines) is 1. The fraction of sp³-hybridized carbons (Fsp3) is 0.364. The molecule has 158 valence electrons. The summed E-state index contributed by atoms with van der Waals surface area (Å²) in [5.74, 6) is 0.515. The van der Waals surface area contributed by atoms with E-state index >= 15 is 0 Å². The van der Waals surface area contributed by atoms with Crippen molar-refractivity contribution in [1.29, 1.82) is 0 Å². The molecule has 1 saturated heterocycles. The normalized spacial score (nSPS) is 17.7. The number of carbonyl (C=O) groups is 2. The fourth-order valence-corrected chi connectivity index (χ4v) is 4.23. The van der Waals surface area contributed by atoms with Crippen molar-refractivity contribution in [2.45, 2.75) is 25.8 Å². The third-order valence-electron chi connectivity index (χ3n) is 5.86. The Bertz CT molecular complexity index is 1000. The van der Waals surface area contributed by atoms with E-state index in [1.165, 1.54) is 0 Å². The van der Waals surface area contributed by atoms with E-state index in [1.807, 2.05) is 6.92 Å². The summed E-state index contributed by atoms with van der Waals surface area (Å²) in [4.78, 5) is 26.1. The highest BCUT2D eigenvalue weighted by Crippen LogP contribution is 2.36. The first-order chi connectivity index (χ1) is 14.3. The summed E-state index contributed by atoms with van der Waals surface area (Å²) in [5.41, 5.74) is 8.98. The van der Waals surface area contributed by atoms with E-state index in [9.17, 15) is 14.7 Å². The Morgan fingerprint density at radius 3 is 2.77 bits per heavy atom. The molecule has 4 N–H and O–H groups in total. The van der Waals surface area contributed by atoms with E-state index in [-0.39, 0.29) is 36.1 Å². The van der Waals surface area contributed by atoms with Gasteiger partial charge in [0.15, 0.2) is 6.61 Å². The molecule has 1 fully saturated rings. The Hall–Kier alpha value is -2.77. The predicted octanol–water partition coefficient (Wildman–Crippen LogP) is 3.24. The zero-order valence-corrected chi connectivity index (χ0v) is 17.4. The lowest BCUT2D eigenvalue weighted by Crippen LogP contribution is -2.41. The third-order valence-corrected chi connectivity index (χ3v) is 6.27. The van der Waals surface area contributed by atoms with Gasteiger partial charge in [-0.05, 0) is 61.6 Å². The molecule has 0 aliphatic carbocycles. The lowest BCUT2D eigenvalue weighted by molar-refractivity contribution is -0.118. The van der Waals surface area contributed by atoms with Crippen LogP contribution in [0.5, 0.6) is 11.5 Å². The molecule has 2 aliphatic heterocycles. The monoisotopic (exact) mass is 429 g/mol. The summed E-state index contributed by atoms with van der Waals surface area (Å²) in [7, 11) is 0. The minimum absolute atomic E-state index is 0.0518. The standard InChI is InChI=1S/C22H24ClN3O4/c1-12-8-18(27)15(10-16(12)23)21(24)13-4-6-26(7-5-13)22(29)14-2-3-17-19(9-14)30-11-20(28)25-17/h2-3,8-10,13,21,27H,4-7,11,24H2,1H3,(H,25,28)/t21-/m1/s1. The number of nitrogens with two attached hydrogens (primary N) is 1. The van der Waals surface area contributed by atoms with Crippen LogP contribution >= 0.6 is 11.6 Å². The molecule has 30 heavy (non-hydrogen) atoms. The van der Waals surface area contributed by atoms with Gasteiger partial charge in [0.1, 0.15) is 11.5 Å². The number of hydrogen-bond donors (Lipinski definition) is 3. The number of nitrogens with zero attached hydrogens (tertiary/aromatic N) is 1. The van der Waals surface area contributed by atoms with E-state index < -0.39 is 0 Å². The Labute approximate surface area is 179 Å². The van der Waals surface area contributed by atoms with Gasteiger partial charge in [0.2, 0.25) is 0 Å². The fourth-order valence-electron chi connectivity index (χ4n) is 4.05. The number of hydrogen-bond acceptors (Lipinski definition) is 5. The van der Waals surface area contributed by atoms with Crippen molar-refractivity contribution in [3.8, 4) is 11.5 Å². The Kier molecular flexibility index (Phi) is 5.58. The van der Waals surface area contributed by atoms with Crippen molar-refractivity contribution in [3.63, 3.8) is 0 Å². The van der Waals surface area contributed by atoms with Crippen molar-refractivity contribution in [3.05, 3.63) is 52.0 Å². The summed E-state index contributed by atoms with van der Waals surface area (Å²) in [6.07, 6.45) is 1.46. The average molecular weight is 430 g/mol. The Morgan fingerprint density at radius 1 is 1.30 bits per heavy atom. The van der Waals surface area contributed by atoms with Crippen LogP contribution in [-0.4, -0.2) is 41.5 Å². The number of ether oxygens (including phenoxy) is 1. The highest BCUT2D eigenvalue weighted by Gasteiger charge is 2.30. The smallest absolute Gasteiger partial charge is 0.262 e. The maximum Gasteiger partial charge on any atom is 0.262 e. The number of rotatable bonds is 3. The molecule has 0 bridgehead atoms. The van der Waals surface area contributed by atoms with Crippen LogP contribution in [-0.2, 0) is 4.79 Å². The quantitative estimate of drug-likeness (QED) is 0.694. The van der Waals surface area contributed by atoms with Gasteiger partial charge < -0.3 is 25.8 Å². The van der Waals surface area contributed by atoms with E-state index in [2.05, 4.69) is 5.32 Å². The highest BCUT2D eigenvalue weighted by molar-refractivity contribution is 6.31. The second kappa shape index (κ2) is 8.16. The molecule has 2 amide bonds. The molecule has 0 radical (unpaired) electrons. The number of aromatic hydroxyl groups is 1. The van der Waals surface area contributed by atoms with Gasteiger partial charge in [0.25, 0.3) is 11.8 Å². The second-order valence-electron chi connectivity index (χ2n) is 7.86. The van der Waals surface area contributed by atoms with E-state index in [1.54, 1.807) is 35.2 Å². The SMILES string of the molecule is Cc1cc(O)c([C@H](N)C2CCN(C(=O)c3ccc4c(c3)OCC(=O)N4)CC2)cc1Cl. The van der Waals surface area contributed by atoms with Crippen molar-refractivity contribution in [1.82, 2.24) is 4.90 Å². The van der Waals surface area contributed by atoms with Gasteiger partial charge in [0.05, 0.1) is 5.69 Å². The molecule has 2 aromatic carbocycles. The molecule has 0 spiro atoms. The zero-order chi connectivity index (χ0) is 21.4. The Morgan fingerprint density at radius 2 is 2.03 bits per heavy atom. The molecule has 0 aromatic heterocycles. The number of nitrogens with one attached hydrogen (secondary N) is 1. The molecule has 7 nitrogen and oxygen atoms in total. The number of phenolic OH excluding ortho intramolecular Hbond substituents is 1. The number of anilines is 1. The number of carbonyl (C=O) groups excluding carboxylic acids is 2. The van der Waals surface area contributed by atoms with Crippen LogP contribution in [0.3, 0.4) is 0 Å². The van der Waals surface area contributed by atoms with Gasteiger partial charge in [-0.15, -0.1) is 0 Å². The first kappa shape index (κ1) is 20.5. The molecule has 0 saturated carbocycles. The largest absolute Gasteiger partial charge is 0.508 e. The number of benzene rings is 2. The van der Waals surface area contributed by atoms with Gasteiger partial charge >= 0.3 is 0 Å². The maximum absolute atomic E-state index is 12.9. The summed E-state index contributed by atoms with van der Waals surface area (Å²) in [6, 6.07) is 8.08. The predicted molar refractivity (Wildman–Crippen MR) is 114 cm³/mol. The van der Waals surface area contributed by atoms with Crippen LogP contribution in [0.1, 0.15) is 40.4 Å². The van der Waals surface area contributed by atoms with Gasteiger partial charge in [-0.25, -0.2) is 0 Å². The van der Waals surface area contributed by atoms with Crippen molar-refractivity contribution < 1.29 is 19.4 Å². The lowest BCUT2D eigenvalue weighted by atomic mass is 9.85. The number of piperidine rings is 1. The minimum atomic E-state index is -0.346. The zero-order valence-electron chi connectivity index (χ0n) is 16.7. The van der Waals surface area contributed by atoms with Crippen LogP contribution in [0.4, 0.5) is 5.69 Å². The summed E-state index contributed by atoms with van der Waals surface area (Å²) in [5, 5.41) is 13.6. The van der Waals surface area contributed by atoms with E-state index in [4.69, 9.17) is 22.1 Å². The van der Waals surface area contributed by atoms with Gasteiger partial charge in [-0.1, -0.05) is 11.6 Å². The van der Waals surface area contributed by atoms with Gasteiger partial charge in [-0.3, -0.25) is 9.59 Å². The molecule has 1 atom stereocenters. The van der Waals surface area contributed by atoms with Gasteiger partial charge in [0, 0.05) is 35.3 Å². The molecule has 2 heterocycles. The van der Waals surface area contributed by atoms with Crippen LogP contribution in [0.2, 0.25) is 5.02 Å². The second-order valence-corrected chi connectivity index (χ2v) is 8.27. The molecule has 2 aromatic rings. The topological polar surface area (TPSA) is 105 Å². The first-order valence-corrected chi connectivity index (χ1v) is 10.3. The van der Waals surface area contributed by atoms with Crippen LogP contribution in [0, 0.1) is 12.8 Å². The lowest BCUT2D eigenvalue weighted by Gasteiger charge is -2.35. The first-order valence-electron chi connectivity index (χ1n) is 9.94. The summed E-state index contributed by atoms with van der Waals surface area (Å²) >= 11 is 6.21. The minimum Gasteiger partial charge on any atom is -0.508 e. The number of aryl methyl sites for hydroxylation is 1. The molecule has 4 rings (SSSR count). The molecule has 0 unspecified atom stereocenters. The van der Waals surface area contributed by atoms with Crippen molar-refractivity contribution in [2.75, 3.05) is 25.0 Å². The molecule has 8 heteroatoms. The maximum atomic E-state index is 12.9. The third kappa shape index (κ3) is 3.95. The van der Waals surface area contributed by atoms with E-state index in [0.29, 0.717) is 40.7 Å². The Balaban J connectivity index is 1.41.